The Morgan fingerprint density at radius 3 is 2.47 bits per heavy atom. The third kappa shape index (κ3) is 4.32. The predicted octanol–water partition coefficient (Wildman–Crippen LogP) is 5.44. The lowest BCUT2D eigenvalue weighted by Gasteiger charge is -2.38. The summed E-state index contributed by atoms with van der Waals surface area (Å²) in [7, 11) is 2.22. The summed E-state index contributed by atoms with van der Waals surface area (Å²) in [6.07, 6.45) is -5.15. The number of halogens is 5. The van der Waals surface area contributed by atoms with Gasteiger partial charge in [0.15, 0.2) is 11.6 Å². The highest BCUT2D eigenvalue weighted by Gasteiger charge is 2.60. The Kier molecular flexibility index (Phi) is 6.83. The zero-order chi connectivity index (χ0) is 23.7. The Balaban J connectivity index is 2.24. The fraction of sp³-hybridized carbons (Fsp3) is 0.318. The first-order valence-electron chi connectivity index (χ1n) is 9.46. The van der Waals surface area contributed by atoms with Crippen LogP contribution in [-0.2, 0) is 4.74 Å². The summed E-state index contributed by atoms with van der Waals surface area (Å²) in [4.78, 5) is 4.37. The summed E-state index contributed by atoms with van der Waals surface area (Å²) in [5, 5.41) is 13.4. The molecule has 2 atom stereocenters. The molecule has 0 amide bonds. The summed E-state index contributed by atoms with van der Waals surface area (Å²) in [6.45, 7) is 0.656. The van der Waals surface area contributed by atoms with Crippen molar-refractivity contribution in [1.82, 2.24) is 4.98 Å². The number of benzene rings is 2. The van der Waals surface area contributed by atoms with Gasteiger partial charge in [0.05, 0.1) is 30.3 Å². The maximum Gasteiger partial charge on any atom is 0.421 e. The molecule has 5 nitrogen and oxygen atoms in total. The minimum Gasteiger partial charge on any atom is -0.494 e. The normalized spacial score (nSPS) is 14.8. The fourth-order valence-corrected chi connectivity index (χ4v) is 3.73. The molecule has 10 heteroatoms. The number of pyridine rings is 1. The smallest absolute Gasteiger partial charge is 0.421 e. The second-order valence-corrected chi connectivity index (χ2v) is 7.62. The highest BCUT2D eigenvalue weighted by Crippen LogP contribution is 2.45. The molecule has 3 rings (SSSR count). The number of aliphatic hydroxyl groups is 1. The Morgan fingerprint density at radius 2 is 1.84 bits per heavy atom. The third-order valence-electron chi connectivity index (χ3n) is 5.11. The minimum atomic E-state index is -5.15. The standard InChI is InChI=1S/C22H21ClF4N2O3/c1-12-7-8-13-15(28-12)5-4-6-16(13)29-20(21(30,11-31-2)22(25,26)27)14-9-10-17(32-3)19(24)18(14)23/h4-10,20,29-30H,11H2,1-3H3. The monoisotopic (exact) mass is 472 g/mol. The molecular formula is C22H21ClF4N2O3. The number of nitrogens with one attached hydrogen (secondary N) is 1. The molecular weight excluding hydrogens is 452 g/mol. The van der Waals surface area contributed by atoms with Crippen molar-refractivity contribution < 1.29 is 32.1 Å². The Labute approximate surface area is 186 Å². The van der Waals surface area contributed by atoms with Gasteiger partial charge in [-0.3, -0.25) is 4.98 Å². The molecule has 2 unspecified atom stereocenters. The van der Waals surface area contributed by atoms with Crippen molar-refractivity contribution >= 4 is 28.2 Å². The van der Waals surface area contributed by atoms with Crippen molar-refractivity contribution in [3.63, 3.8) is 0 Å². The van der Waals surface area contributed by atoms with Gasteiger partial charge in [-0.15, -0.1) is 0 Å². The first-order chi connectivity index (χ1) is 15.0. The first kappa shape index (κ1) is 24.0. The van der Waals surface area contributed by atoms with Crippen LogP contribution in [0.25, 0.3) is 10.9 Å². The van der Waals surface area contributed by atoms with Gasteiger partial charge in [-0.2, -0.15) is 13.2 Å². The molecule has 172 valence electrons. The molecule has 0 aliphatic heterocycles. The van der Waals surface area contributed by atoms with E-state index in [1.807, 2.05) is 0 Å². The lowest BCUT2D eigenvalue weighted by Crippen LogP contribution is -2.56. The number of hydrogen-bond donors (Lipinski definition) is 2. The molecule has 1 heterocycles. The summed E-state index contributed by atoms with van der Waals surface area (Å²) < 4.78 is 66.6. The quantitative estimate of drug-likeness (QED) is 0.448. The van der Waals surface area contributed by atoms with E-state index < -0.39 is 35.3 Å². The van der Waals surface area contributed by atoms with E-state index >= 15 is 0 Å². The van der Waals surface area contributed by atoms with Gasteiger partial charge in [0.25, 0.3) is 0 Å². The van der Waals surface area contributed by atoms with E-state index in [4.69, 9.17) is 21.1 Å². The zero-order valence-electron chi connectivity index (χ0n) is 17.4. The van der Waals surface area contributed by atoms with Crippen LogP contribution in [0.1, 0.15) is 17.3 Å². The Morgan fingerprint density at radius 1 is 1.12 bits per heavy atom. The van der Waals surface area contributed by atoms with Gasteiger partial charge in [0.1, 0.15) is 0 Å². The number of methoxy groups -OCH3 is 2. The van der Waals surface area contributed by atoms with Gasteiger partial charge >= 0.3 is 6.18 Å². The van der Waals surface area contributed by atoms with Gasteiger partial charge in [-0.05, 0) is 42.8 Å². The van der Waals surface area contributed by atoms with Gasteiger partial charge in [-0.1, -0.05) is 23.7 Å². The van der Waals surface area contributed by atoms with Crippen molar-refractivity contribution in [3.8, 4) is 5.75 Å². The Hall–Kier alpha value is -2.62. The van der Waals surface area contributed by atoms with E-state index in [2.05, 4.69) is 10.3 Å². The molecule has 2 aromatic carbocycles. The fourth-order valence-electron chi connectivity index (χ4n) is 3.47. The van der Waals surface area contributed by atoms with Crippen LogP contribution in [0.15, 0.2) is 42.5 Å². The maximum atomic E-state index is 14.6. The zero-order valence-corrected chi connectivity index (χ0v) is 18.2. The predicted molar refractivity (Wildman–Crippen MR) is 114 cm³/mol. The van der Waals surface area contributed by atoms with Crippen molar-refractivity contribution in [3.05, 3.63) is 64.6 Å². The van der Waals surface area contributed by atoms with Crippen LogP contribution in [0.3, 0.4) is 0 Å². The number of rotatable bonds is 7. The van der Waals surface area contributed by atoms with Crippen molar-refractivity contribution in [2.45, 2.75) is 24.7 Å². The molecule has 0 bridgehead atoms. The summed E-state index contributed by atoms with van der Waals surface area (Å²) in [6, 6.07) is 8.61. The number of hydrogen-bond acceptors (Lipinski definition) is 5. The van der Waals surface area contributed by atoms with E-state index in [0.29, 0.717) is 10.9 Å². The number of ether oxygens (including phenoxy) is 2. The summed E-state index contributed by atoms with van der Waals surface area (Å²) in [5.74, 6) is -1.29. The molecule has 0 saturated heterocycles. The van der Waals surface area contributed by atoms with E-state index in [9.17, 15) is 22.7 Å². The van der Waals surface area contributed by atoms with E-state index in [-0.39, 0.29) is 17.0 Å². The van der Waals surface area contributed by atoms with Gasteiger partial charge < -0.3 is 19.9 Å². The first-order valence-corrected chi connectivity index (χ1v) is 9.84. The molecule has 2 N–H and O–H groups in total. The van der Waals surface area contributed by atoms with Crippen LogP contribution in [-0.4, -0.2) is 42.7 Å². The van der Waals surface area contributed by atoms with E-state index in [1.165, 1.54) is 19.2 Å². The average molecular weight is 473 g/mol. The molecule has 0 spiro atoms. The number of anilines is 1. The third-order valence-corrected chi connectivity index (χ3v) is 5.50. The molecule has 0 saturated carbocycles. The average Bonchev–Trinajstić information content (AvgIpc) is 2.73. The largest absolute Gasteiger partial charge is 0.494 e. The summed E-state index contributed by atoms with van der Waals surface area (Å²) >= 11 is 6.11. The summed E-state index contributed by atoms with van der Waals surface area (Å²) in [5.41, 5.74) is -2.28. The van der Waals surface area contributed by atoms with Crippen LogP contribution in [0.5, 0.6) is 5.75 Å². The van der Waals surface area contributed by atoms with Crippen LogP contribution in [0.4, 0.5) is 23.2 Å². The molecule has 3 aromatic rings. The lowest BCUT2D eigenvalue weighted by molar-refractivity contribution is -0.279. The maximum absolute atomic E-state index is 14.6. The van der Waals surface area contributed by atoms with Crippen LogP contribution < -0.4 is 10.1 Å². The van der Waals surface area contributed by atoms with Crippen molar-refractivity contribution in [2.75, 3.05) is 26.1 Å². The molecule has 0 aliphatic rings. The topological polar surface area (TPSA) is 63.6 Å². The van der Waals surface area contributed by atoms with Crippen LogP contribution in [0, 0.1) is 12.7 Å². The van der Waals surface area contributed by atoms with Gasteiger partial charge in [0, 0.05) is 23.9 Å². The van der Waals surface area contributed by atoms with Crippen molar-refractivity contribution in [1.29, 1.82) is 0 Å². The number of alkyl halides is 3. The van der Waals surface area contributed by atoms with Gasteiger partial charge in [0.2, 0.25) is 5.60 Å². The lowest BCUT2D eigenvalue weighted by atomic mass is 9.87. The van der Waals surface area contributed by atoms with E-state index in [0.717, 1.165) is 18.9 Å². The number of aryl methyl sites for hydroxylation is 1. The second kappa shape index (κ2) is 9.09. The highest BCUT2D eigenvalue weighted by atomic mass is 35.5. The molecule has 1 aromatic heterocycles. The van der Waals surface area contributed by atoms with Crippen molar-refractivity contribution in [2.24, 2.45) is 0 Å². The highest BCUT2D eigenvalue weighted by molar-refractivity contribution is 6.31. The number of aromatic nitrogens is 1. The van der Waals surface area contributed by atoms with E-state index in [1.54, 1.807) is 31.2 Å². The number of nitrogens with zero attached hydrogens (tertiary/aromatic N) is 1. The van der Waals surface area contributed by atoms with Crippen LogP contribution in [0.2, 0.25) is 5.02 Å². The minimum absolute atomic E-state index is 0.242. The second-order valence-electron chi connectivity index (χ2n) is 7.24. The molecule has 0 radical (unpaired) electrons. The molecule has 0 aliphatic carbocycles. The number of fused-ring (bicyclic) bond motifs is 1. The SMILES string of the molecule is COCC(O)(C(Nc1cccc2nc(C)ccc12)c1ccc(OC)c(F)c1Cl)C(F)(F)F. The van der Waals surface area contributed by atoms with Gasteiger partial charge in [-0.25, -0.2) is 4.39 Å². The Bertz CT molecular complexity index is 1130. The van der Waals surface area contributed by atoms with Crippen LogP contribution >= 0.6 is 11.6 Å². The molecule has 0 fully saturated rings. The molecule has 32 heavy (non-hydrogen) atoms.